The molecule has 0 spiro atoms. The second kappa shape index (κ2) is 3.84. The van der Waals surface area contributed by atoms with Crippen molar-refractivity contribution in [1.29, 1.82) is 0 Å². The van der Waals surface area contributed by atoms with Gasteiger partial charge >= 0.3 is 0 Å². The Labute approximate surface area is 82.2 Å². The molecule has 0 amide bonds. The monoisotopic (exact) mass is 196 g/mol. The summed E-state index contributed by atoms with van der Waals surface area (Å²) in [6.45, 7) is 2.05. The number of β-amino-alcohol motifs (C(OH)–C–C–N with tert-alkyl or cyclic N) is 1. The summed E-state index contributed by atoms with van der Waals surface area (Å²) in [6.07, 6.45) is 0. The van der Waals surface area contributed by atoms with Crippen LogP contribution in [0.3, 0.4) is 0 Å². The number of aliphatic hydroxyl groups is 1. The van der Waals surface area contributed by atoms with E-state index in [1.807, 2.05) is 11.0 Å². The van der Waals surface area contributed by atoms with Gasteiger partial charge in [0.2, 0.25) is 0 Å². The number of para-hydroxylation sites is 1. The molecule has 14 heavy (non-hydrogen) atoms. The summed E-state index contributed by atoms with van der Waals surface area (Å²) >= 11 is 0. The van der Waals surface area contributed by atoms with Gasteiger partial charge in [0.05, 0.1) is 18.0 Å². The highest BCUT2D eigenvalue weighted by molar-refractivity contribution is 5.72. The standard InChI is InChI=1S/C10H13FN2O/c11-8-2-1-3-9-10(8)13(6-7-14)5-4-12-9/h1-3,12,14H,4-7H2. The highest BCUT2D eigenvalue weighted by atomic mass is 19.1. The van der Waals surface area contributed by atoms with Crippen molar-refractivity contribution in [1.82, 2.24) is 0 Å². The van der Waals surface area contributed by atoms with E-state index >= 15 is 0 Å². The van der Waals surface area contributed by atoms with Crippen LogP contribution in [0.15, 0.2) is 18.2 Å². The first kappa shape index (κ1) is 9.27. The number of rotatable bonds is 2. The van der Waals surface area contributed by atoms with E-state index in [1.54, 1.807) is 6.07 Å². The van der Waals surface area contributed by atoms with Crippen LogP contribution in [0.1, 0.15) is 0 Å². The molecule has 0 fully saturated rings. The van der Waals surface area contributed by atoms with Gasteiger partial charge in [-0.15, -0.1) is 0 Å². The van der Waals surface area contributed by atoms with Gasteiger partial charge in [-0.25, -0.2) is 4.39 Å². The third-order valence-electron chi connectivity index (χ3n) is 2.37. The molecule has 3 nitrogen and oxygen atoms in total. The van der Waals surface area contributed by atoms with Gasteiger partial charge in [0.1, 0.15) is 5.82 Å². The molecule has 0 unspecified atom stereocenters. The Balaban J connectivity index is 2.36. The highest BCUT2D eigenvalue weighted by Gasteiger charge is 2.19. The van der Waals surface area contributed by atoms with Crippen LogP contribution in [0.2, 0.25) is 0 Å². The molecule has 1 aromatic carbocycles. The molecule has 1 heterocycles. The predicted molar refractivity (Wildman–Crippen MR) is 54.2 cm³/mol. The molecule has 0 saturated heterocycles. The topological polar surface area (TPSA) is 35.5 Å². The second-order valence-electron chi connectivity index (χ2n) is 3.27. The minimum atomic E-state index is -0.233. The maximum Gasteiger partial charge on any atom is 0.148 e. The van der Waals surface area contributed by atoms with Crippen molar-refractivity contribution in [3.8, 4) is 0 Å². The van der Waals surface area contributed by atoms with Crippen molar-refractivity contribution in [2.24, 2.45) is 0 Å². The van der Waals surface area contributed by atoms with Crippen LogP contribution in [0, 0.1) is 5.82 Å². The summed E-state index contributed by atoms with van der Waals surface area (Å²) in [5, 5.41) is 12.0. The molecule has 0 bridgehead atoms. The van der Waals surface area contributed by atoms with Crippen LogP contribution in [0.5, 0.6) is 0 Å². The van der Waals surface area contributed by atoms with Crippen molar-refractivity contribution in [3.63, 3.8) is 0 Å². The van der Waals surface area contributed by atoms with E-state index in [9.17, 15) is 4.39 Å². The molecular weight excluding hydrogens is 183 g/mol. The minimum absolute atomic E-state index is 0.0494. The number of nitrogens with zero attached hydrogens (tertiary/aromatic N) is 1. The third-order valence-corrected chi connectivity index (χ3v) is 2.37. The lowest BCUT2D eigenvalue weighted by molar-refractivity contribution is 0.301. The third kappa shape index (κ3) is 1.53. The number of benzene rings is 1. The van der Waals surface area contributed by atoms with E-state index in [4.69, 9.17) is 5.11 Å². The predicted octanol–water partition coefficient (Wildman–Crippen LogP) is 1.05. The van der Waals surface area contributed by atoms with E-state index in [0.29, 0.717) is 12.2 Å². The summed E-state index contributed by atoms with van der Waals surface area (Å²) in [7, 11) is 0. The van der Waals surface area contributed by atoms with Gasteiger partial charge in [-0.2, -0.15) is 0 Å². The first-order valence-corrected chi connectivity index (χ1v) is 4.71. The molecule has 0 radical (unpaired) electrons. The quantitative estimate of drug-likeness (QED) is 0.742. The van der Waals surface area contributed by atoms with Crippen LogP contribution in [0.25, 0.3) is 0 Å². The molecule has 0 atom stereocenters. The molecule has 0 saturated carbocycles. The molecule has 1 aromatic rings. The lowest BCUT2D eigenvalue weighted by Gasteiger charge is -2.31. The van der Waals surface area contributed by atoms with E-state index in [-0.39, 0.29) is 12.4 Å². The summed E-state index contributed by atoms with van der Waals surface area (Å²) < 4.78 is 13.5. The van der Waals surface area contributed by atoms with E-state index in [0.717, 1.165) is 18.8 Å². The number of hydrogen-bond donors (Lipinski definition) is 2. The first-order valence-electron chi connectivity index (χ1n) is 4.71. The van der Waals surface area contributed by atoms with Crippen LogP contribution in [0.4, 0.5) is 15.8 Å². The Morgan fingerprint density at radius 3 is 3.14 bits per heavy atom. The Morgan fingerprint density at radius 1 is 1.50 bits per heavy atom. The molecule has 76 valence electrons. The van der Waals surface area contributed by atoms with Gasteiger partial charge in [0.15, 0.2) is 0 Å². The first-order chi connectivity index (χ1) is 6.83. The molecule has 2 rings (SSSR count). The minimum Gasteiger partial charge on any atom is -0.395 e. The van der Waals surface area contributed by atoms with Crippen molar-refractivity contribution < 1.29 is 9.50 Å². The average Bonchev–Trinajstić information content (AvgIpc) is 2.19. The zero-order chi connectivity index (χ0) is 9.97. The van der Waals surface area contributed by atoms with Gasteiger partial charge in [-0.05, 0) is 12.1 Å². The fourth-order valence-electron chi connectivity index (χ4n) is 1.76. The zero-order valence-electron chi connectivity index (χ0n) is 7.83. The highest BCUT2D eigenvalue weighted by Crippen LogP contribution is 2.31. The number of hydrogen-bond acceptors (Lipinski definition) is 3. The van der Waals surface area contributed by atoms with E-state index in [1.165, 1.54) is 6.07 Å². The molecule has 2 N–H and O–H groups in total. The summed E-state index contributed by atoms with van der Waals surface area (Å²) in [5.74, 6) is -0.233. The second-order valence-corrected chi connectivity index (χ2v) is 3.27. The smallest absolute Gasteiger partial charge is 0.148 e. The summed E-state index contributed by atoms with van der Waals surface area (Å²) in [5.41, 5.74) is 1.39. The molecule has 4 heteroatoms. The summed E-state index contributed by atoms with van der Waals surface area (Å²) in [4.78, 5) is 1.86. The molecule has 1 aliphatic heterocycles. The Morgan fingerprint density at radius 2 is 2.36 bits per heavy atom. The number of aliphatic hydroxyl groups excluding tert-OH is 1. The van der Waals surface area contributed by atoms with Crippen molar-refractivity contribution in [2.75, 3.05) is 36.5 Å². The van der Waals surface area contributed by atoms with Crippen LogP contribution < -0.4 is 10.2 Å². The number of fused-ring (bicyclic) bond motifs is 1. The van der Waals surface area contributed by atoms with Gasteiger partial charge < -0.3 is 15.3 Å². The summed E-state index contributed by atoms with van der Waals surface area (Å²) in [6, 6.07) is 4.97. The maximum atomic E-state index is 13.5. The fraction of sp³-hybridized carbons (Fsp3) is 0.400. The van der Waals surface area contributed by atoms with Crippen molar-refractivity contribution in [2.45, 2.75) is 0 Å². The SMILES string of the molecule is OCCN1CCNc2cccc(F)c21. The van der Waals surface area contributed by atoms with Crippen molar-refractivity contribution in [3.05, 3.63) is 24.0 Å². The van der Waals surface area contributed by atoms with Gasteiger partial charge in [0, 0.05) is 19.6 Å². The van der Waals surface area contributed by atoms with Crippen molar-refractivity contribution >= 4 is 11.4 Å². The normalized spacial score (nSPS) is 14.9. The van der Waals surface area contributed by atoms with Gasteiger partial charge in [0.25, 0.3) is 0 Å². The zero-order valence-corrected chi connectivity index (χ0v) is 7.83. The molecular formula is C10H13FN2O. The molecule has 0 aliphatic carbocycles. The Bertz CT molecular complexity index is 330. The average molecular weight is 196 g/mol. The van der Waals surface area contributed by atoms with Crippen LogP contribution in [-0.2, 0) is 0 Å². The number of nitrogens with one attached hydrogen (secondary N) is 1. The lowest BCUT2D eigenvalue weighted by Crippen LogP contribution is -2.36. The largest absolute Gasteiger partial charge is 0.395 e. The Hall–Kier alpha value is -1.29. The fourth-order valence-corrected chi connectivity index (χ4v) is 1.76. The lowest BCUT2D eigenvalue weighted by atomic mass is 10.2. The van der Waals surface area contributed by atoms with Gasteiger partial charge in [-0.3, -0.25) is 0 Å². The van der Waals surface area contributed by atoms with E-state index in [2.05, 4.69) is 5.32 Å². The maximum absolute atomic E-state index is 13.5. The van der Waals surface area contributed by atoms with E-state index < -0.39 is 0 Å². The van der Waals surface area contributed by atoms with Crippen LogP contribution in [-0.4, -0.2) is 31.3 Å². The van der Waals surface area contributed by atoms with Crippen LogP contribution >= 0.6 is 0 Å². The molecule has 1 aliphatic rings. The Kier molecular flexibility index (Phi) is 2.54. The number of anilines is 2. The molecule has 0 aromatic heterocycles. The number of halogens is 1. The van der Waals surface area contributed by atoms with Gasteiger partial charge in [-0.1, -0.05) is 6.07 Å².